The molecule has 2 heterocycles. The van der Waals surface area contributed by atoms with E-state index in [1.54, 1.807) is 54.6 Å². The highest BCUT2D eigenvalue weighted by atomic mass is 35.5. The van der Waals surface area contributed by atoms with E-state index in [-0.39, 0.29) is 17.7 Å². The molecule has 3 aromatic carbocycles. The minimum Gasteiger partial charge on any atom is -0.456 e. The van der Waals surface area contributed by atoms with Crippen LogP contribution < -0.4 is 10.6 Å². The molecule has 0 radical (unpaired) electrons. The number of hydrogen-bond acceptors (Lipinski definition) is 9. The zero-order valence-corrected chi connectivity index (χ0v) is 25.8. The number of anilines is 1. The Morgan fingerprint density at radius 3 is 2.48 bits per heavy atom. The highest BCUT2D eigenvalue weighted by Gasteiger charge is 2.19. The summed E-state index contributed by atoms with van der Waals surface area (Å²) in [6.07, 6.45) is 4.90. The number of tetrazole rings is 1. The van der Waals surface area contributed by atoms with Crippen molar-refractivity contribution in [1.29, 1.82) is 0 Å². The van der Waals surface area contributed by atoms with Gasteiger partial charge in [-0.25, -0.2) is 0 Å². The third-order valence-corrected chi connectivity index (χ3v) is 7.12. The molecule has 0 aliphatic carbocycles. The van der Waals surface area contributed by atoms with Crippen LogP contribution in [0.15, 0.2) is 91.3 Å². The molecule has 2 N–H and O–H groups in total. The van der Waals surface area contributed by atoms with E-state index in [0.717, 1.165) is 5.56 Å². The maximum atomic E-state index is 13.3. The fourth-order valence-corrected chi connectivity index (χ4v) is 4.85. The summed E-state index contributed by atoms with van der Waals surface area (Å²) in [5.41, 5.74) is 4.53. The highest BCUT2D eigenvalue weighted by Crippen LogP contribution is 2.30. The van der Waals surface area contributed by atoms with Crippen LogP contribution in [0.1, 0.15) is 29.8 Å². The van der Waals surface area contributed by atoms with E-state index in [0.29, 0.717) is 45.2 Å². The van der Waals surface area contributed by atoms with Crippen LogP contribution in [0, 0.1) is 0 Å². The predicted octanol–water partition coefficient (Wildman–Crippen LogP) is 5.04. The third kappa shape index (κ3) is 8.58. The number of nitrogens with one attached hydrogen (secondary N) is 2. The van der Waals surface area contributed by atoms with Crippen molar-refractivity contribution in [3.63, 3.8) is 0 Å². The Bertz CT molecular complexity index is 1870. The highest BCUT2D eigenvalue weighted by molar-refractivity contribution is 6.32. The van der Waals surface area contributed by atoms with Gasteiger partial charge in [0.15, 0.2) is 11.8 Å². The number of aromatic nitrogens is 6. The summed E-state index contributed by atoms with van der Waals surface area (Å²) >= 11 is 12.7. The molecule has 0 bridgehead atoms. The van der Waals surface area contributed by atoms with Crippen molar-refractivity contribution in [2.75, 3.05) is 11.9 Å². The van der Waals surface area contributed by atoms with Gasteiger partial charge in [-0.15, -0.1) is 10.2 Å². The molecule has 0 spiro atoms. The third-order valence-electron chi connectivity index (χ3n) is 6.61. The number of esters is 1. The molecule has 0 aliphatic heterocycles. The fraction of sp³-hybridized carbons (Fsp3) is 0.125. The Labute approximate surface area is 273 Å². The first kappa shape index (κ1) is 31.9. The van der Waals surface area contributed by atoms with Crippen LogP contribution in [-0.2, 0) is 25.5 Å². The SMILES string of the molecule is CC(=O)OCC(=O)Nc1ccc(-c2cc(C(Cc3ccccc3)NC(=O)/C=C/c3cc(Cl)ccc3-n3cnnn3)nnc2Cl)cc1. The summed E-state index contributed by atoms with van der Waals surface area (Å²) < 4.78 is 6.19. The molecule has 2 amide bonds. The van der Waals surface area contributed by atoms with E-state index in [1.807, 2.05) is 30.3 Å². The summed E-state index contributed by atoms with van der Waals surface area (Å²) in [6, 6.07) is 22.9. The first-order valence-electron chi connectivity index (χ1n) is 13.9. The topological polar surface area (TPSA) is 154 Å². The second kappa shape index (κ2) is 15.0. The summed E-state index contributed by atoms with van der Waals surface area (Å²) in [7, 11) is 0. The Kier molecular flexibility index (Phi) is 10.4. The van der Waals surface area contributed by atoms with Gasteiger partial charge < -0.3 is 15.4 Å². The maximum Gasteiger partial charge on any atom is 0.303 e. The average Bonchev–Trinajstić information content (AvgIpc) is 3.59. The summed E-state index contributed by atoms with van der Waals surface area (Å²) in [5, 5.41) is 26.1. The van der Waals surface area contributed by atoms with Crippen molar-refractivity contribution < 1.29 is 19.1 Å². The molecule has 1 unspecified atom stereocenters. The number of ether oxygens (including phenoxy) is 1. The second-order valence-corrected chi connectivity index (χ2v) is 10.7. The van der Waals surface area contributed by atoms with Gasteiger partial charge in [0.2, 0.25) is 5.91 Å². The van der Waals surface area contributed by atoms with Crippen molar-refractivity contribution in [3.05, 3.63) is 118 Å². The molecule has 14 heteroatoms. The quantitative estimate of drug-likeness (QED) is 0.147. The minimum absolute atomic E-state index is 0.163. The van der Waals surface area contributed by atoms with E-state index in [1.165, 1.54) is 24.0 Å². The first-order valence-corrected chi connectivity index (χ1v) is 14.6. The lowest BCUT2D eigenvalue weighted by Crippen LogP contribution is -2.29. The van der Waals surface area contributed by atoms with E-state index in [9.17, 15) is 14.4 Å². The summed E-state index contributed by atoms with van der Waals surface area (Å²) in [4.78, 5) is 36.3. The Hall–Kier alpha value is -5.46. The van der Waals surface area contributed by atoms with Crippen LogP contribution in [0.4, 0.5) is 5.69 Å². The number of nitrogens with zero attached hydrogens (tertiary/aromatic N) is 6. The van der Waals surface area contributed by atoms with Gasteiger partial charge in [0, 0.05) is 34.8 Å². The second-order valence-electron chi connectivity index (χ2n) is 9.92. The Morgan fingerprint density at radius 2 is 1.76 bits per heavy atom. The van der Waals surface area contributed by atoms with Gasteiger partial charge in [-0.3, -0.25) is 14.4 Å². The standard InChI is InChI=1S/C32H26Cl2N8O4/c1-20(43)46-18-31(45)36-25-11-7-22(8-12-25)26-17-28(38-39-32(26)34)27(15-21-5-3-2-4-6-21)37-30(44)14-9-23-16-24(33)10-13-29(23)42-19-35-40-41-42/h2-14,16-17,19,27H,15,18H2,1H3,(H,36,45)(H,37,44)/b14-9+. The summed E-state index contributed by atoms with van der Waals surface area (Å²) in [6.45, 7) is 0.842. The zero-order chi connectivity index (χ0) is 32.5. The predicted molar refractivity (Wildman–Crippen MR) is 172 cm³/mol. The van der Waals surface area contributed by atoms with E-state index in [4.69, 9.17) is 27.9 Å². The summed E-state index contributed by atoms with van der Waals surface area (Å²) in [5.74, 6) is -1.39. The normalized spacial score (nSPS) is 11.6. The molecule has 46 heavy (non-hydrogen) atoms. The molecule has 5 rings (SSSR count). The molecular weight excluding hydrogens is 631 g/mol. The van der Waals surface area contributed by atoms with Gasteiger partial charge in [0.1, 0.15) is 6.33 Å². The van der Waals surface area contributed by atoms with E-state index >= 15 is 0 Å². The lowest BCUT2D eigenvalue weighted by atomic mass is 10.00. The van der Waals surface area contributed by atoms with Gasteiger partial charge in [-0.2, -0.15) is 9.78 Å². The molecule has 1 atom stereocenters. The van der Waals surface area contributed by atoms with Gasteiger partial charge in [-0.05, 0) is 70.4 Å². The monoisotopic (exact) mass is 656 g/mol. The van der Waals surface area contributed by atoms with Crippen LogP contribution in [0.5, 0.6) is 0 Å². The molecular formula is C32H26Cl2N8O4. The first-order chi connectivity index (χ1) is 22.2. The molecule has 2 aromatic heterocycles. The Balaban J connectivity index is 1.38. The number of rotatable bonds is 11. The molecule has 12 nitrogen and oxygen atoms in total. The molecule has 0 saturated carbocycles. The minimum atomic E-state index is -0.568. The molecule has 5 aromatic rings. The van der Waals surface area contributed by atoms with Crippen molar-refractivity contribution in [3.8, 4) is 16.8 Å². The van der Waals surface area contributed by atoms with Gasteiger partial charge in [0.05, 0.1) is 17.4 Å². The number of benzene rings is 3. The lowest BCUT2D eigenvalue weighted by molar-refractivity contribution is -0.144. The number of carbonyl (C=O) groups is 3. The number of amides is 2. The van der Waals surface area contributed by atoms with Crippen molar-refractivity contribution in [1.82, 2.24) is 35.7 Å². The molecule has 0 aliphatic rings. The van der Waals surface area contributed by atoms with E-state index in [2.05, 4.69) is 36.4 Å². The van der Waals surface area contributed by atoms with Crippen LogP contribution in [0.2, 0.25) is 10.2 Å². The lowest BCUT2D eigenvalue weighted by Gasteiger charge is -2.18. The Morgan fingerprint density at radius 1 is 0.978 bits per heavy atom. The van der Waals surface area contributed by atoms with Crippen molar-refractivity contribution in [2.45, 2.75) is 19.4 Å². The van der Waals surface area contributed by atoms with Crippen LogP contribution in [0.3, 0.4) is 0 Å². The number of carbonyl (C=O) groups excluding carboxylic acids is 3. The van der Waals surface area contributed by atoms with Crippen LogP contribution >= 0.6 is 23.2 Å². The smallest absolute Gasteiger partial charge is 0.303 e. The van der Waals surface area contributed by atoms with Crippen LogP contribution in [-0.4, -0.2) is 54.8 Å². The maximum absolute atomic E-state index is 13.3. The number of hydrogen-bond donors (Lipinski definition) is 2. The average molecular weight is 658 g/mol. The number of halogens is 2. The van der Waals surface area contributed by atoms with Crippen molar-refractivity contribution >= 4 is 52.7 Å². The molecule has 0 saturated heterocycles. The van der Waals surface area contributed by atoms with Gasteiger partial charge >= 0.3 is 5.97 Å². The van der Waals surface area contributed by atoms with Gasteiger partial charge in [0.25, 0.3) is 5.91 Å². The fourth-order valence-electron chi connectivity index (χ4n) is 4.47. The van der Waals surface area contributed by atoms with Gasteiger partial charge in [-0.1, -0.05) is 65.7 Å². The van der Waals surface area contributed by atoms with Crippen molar-refractivity contribution in [2.24, 2.45) is 0 Å². The largest absolute Gasteiger partial charge is 0.456 e. The van der Waals surface area contributed by atoms with Crippen LogP contribution in [0.25, 0.3) is 22.9 Å². The molecule has 0 fully saturated rings. The molecule has 232 valence electrons. The zero-order valence-electron chi connectivity index (χ0n) is 24.3. The van der Waals surface area contributed by atoms with E-state index < -0.39 is 17.9 Å².